The smallest absolute Gasteiger partial charge is 0.294 e. The SMILES string of the molecule is Cc1cccc(CN(C(=O)c2ccco2)c2ccc(CC(=O)NCCN3CCCCC3)cc2)c1. The number of anilines is 1. The lowest BCUT2D eigenvalue weighted by Gasteiger charge is -2.26. The lowest BCUT2D eigenvalue weighted by Crippen LogP contribution is -2.38. The van der Waals surface area contributed by atoms with Gasteiger partial charge in [-0.1, -0.05) is 48.4 Å². The van der Waals surface area contributed by atoms with Crippen LogP contribution in [0, 0.1) is 6.92 Å². The number of nitrogens with zero attached hydrogens (tertiary/aromatic N) is 2. The van der Waals surface area contributed by atoms with Crippen molar-refractivity contribution in [3.05, 3.63) is 89.4 Å². The van der Waals surface area contributed by atoms with Crippen molar-refractivity contribution in [1.29, 1.82) is 0 Å². The van der Waals surface area contributed by atoms with Gasteiger partial charge in [0.25, 0.3) is 5.91 Å². The molecule has 1 saturated heterocycles. The van der Waals surface area contributed by atoms with Gasteiger partial charge < -0.3 is 19.5 Å². The van der Waals surface area contributed by atoms with Crippen LogP contribution in [0.15, 0.2) is 71.3 Å². The standard InChI is InChI=1S/C28H33N3O3/c1-22-7-5-8-24(19-22)21-31(28(33)26-9-6-18-34-26)25-12-10-23(11-13-25)20-27(32)29-14-17-30-15-3-2-4-16-30/h5-13,18-19H,2-4,14-17,20-21H2,1H3,(H,29,32). The average Bonchev–Trinajstić information content (AvgIpc) is 3.39. The van der Waals surface area contributed by atoms with E-state index < -0.39 is 0 Å². The number of furan rings is 1. The van der Waals surface area contributed by atoms with E-state index in [2.05, 4.69) is 16.3 Å². The fourth-order valence-electron chi connectivity index (χ4n) is 4.38. The molecule has 4 rings (SSSR count). The molecule has 3 aromatic rings. The number of benzene rings is 2. The fraction of sp³-hybridized carbons (Fsp3) is 0.357. The summed E-state index contributed by atoms with van der Waals surface area (Å²) in [6, 6.07) is 19.1. The first-order valence-corrected chi connectivity index (χ1v) is 12.1. The first kappa shape index (κ1) is 23.8. The van der Waals surface area contributed by atoms with Crippen molar-refractivity contribution in [2.75, 3.05) is 31.1 Å². The summed E-state index contributed by atoms with van der Waals surface area (Å²) < 4.78 is 5.37. The molecule has 2 amide bonds. The third kappa shape index (κ3) is 6.58. The Morgan fingerprint density at radius 3 is 2.47 bits per heavy atom. The molecule has 2 heterocycles. The molecule has 1 N–H and O–H groups in total. The number of likely N-dealkylation sites (tertiary alicyclic amines) is 1. The molecule has 178 valence electrons. The Labute approximate surface area is 201 Å². The minimum Gasteiger partial charge on any atom is -0.459 e. The van der Waals surface area contributed by atoms with E-state index in [0.29, 0.717) is 25.3 Å². The summed E-state index contributed by atoms with van der Waals surface area (Å²) in [6.07, 6.45) is 5.65. The summed E-state index contributed by atoms with van der Waals surface area (Å²) in [4.78, 5) is 29.7. The minimum atomic E-state index is -0.199. The molecule has 1 fully saturated rings. The third-order valence-corrected chi connectivity index (χ3v) is 6.21. The number of carbonyl (C=O) groups is 2. The molecule has 0 spiro atoms. The maximum atomic E-state index is 13.2. The number of rotatable bonds is 9. The van der Waals surface area contributed by atoms with Crippen molar-refractivity contribution in [2.45, 2.75) is 39.2 Å². The van der Waals surface area contributed by atoms with Gasteiger partial charge in [0.1, 0.15) is 0 Å². The van der Waals surface area contributed by atoms with Gasteiger partial charge in [-0.05, 0) is 68.2 Å². The molecule has 0 atom stereocenters. The Hall–Kier alpha value is -3.38. The largest absolute Gasteiger partial charge is 0.459 e. The van der Waals surface area contributed by atoms with Gasteiger partial charge in [-0.3, -0.25) is 9.59 Å². The highest BCUT2D eigenvalue weighted by Crippen LogP contribution is 2.22. The minimum absolute atomic E-state index is 0.0213. The van der Waals surface area contributed by atoms with E-state index in [1.54, 1.807) is 17.0 Å². The van der Waals surface area contributed by atoms with Crippen LogP contribution in [0.5, 0.6) is 0 Å². The maximum Gasteiger partial charge on any atom is 0.294 e. The van der Waals surface area contributed by atoms with E-state index in [1.165, 1.54) is 25.5 Å². The highest BCUT2D eigenvalue weighted by Gasteiger charge is 2.21. The van der Waals surface area contributed by atoms with Gasteiger partial charge in [-0.2, -0.15) is 0 Å². The normalized spacial score (nSPS) is 14.0. The first-order chi connectivity index (χ1) is 16.6. The summed E-state index contributed by atoms with van der Waals surface area (Å²) in [5.74, 6) is 0.118. The molecule has 6 heteroatoms. The van der Waals surface area contributed by atoms with Crippen molar-refractivity contribution >= 4 is 17.5 Å². The second-order valence-electron chi connectivity index (χ2n) is 8.95. The Morgan fingerprint density at radius 1 is 0.971 bits per heavy atom. The predicted octanol–water partition coefficient (Wildman–Crippen LogP) is 4.58. The van der Waals surface area contributed by atoms with Gasteiger partial charge in [0, 0.05) is 18.8 Å². The van der Waals surface area contributed by atoms with Crippen LogP contribution in [0.2, 0.25) is 0 Å². The Balaban J connectivity index is 1.39. The number of aryl methyl sites for hydroxylation is 1. The van der Waals surface area contributed by atoms with Crippen molar-refractivity contribution in [3.8, 4) is 0 Å². The lowest BCUT2D eigenvalue weighted by atomic mass is 10.1. The molecule has 0 bridgehead atoms. The van der Waals surface area contributed by atoms with Crippen LogP contribution in [0.3, 0.4) is 0 Å². The van der Waals surface area contributed by atoms with E-state index >= 15 is 0 Å². The Kier molecular flexibility index (Phi) is 8.15. The fourth-order valence-corrected chi connectivity index (χ4v) is 4.38. The van der Waals surface area contributed by atoms with E-state index in [-0.39, 0.29) is 11.8 Å². The van der Waals surface area contributed by atoms with E-state index in [0.717, 1.165) is 42.0 Å². The molecular weight excluding hydrogens is 426 g/mol. The molecule has 1 aliphatic heterocycles. The highest BCUT2D eigenvalue weighted by molar-refractivity contribution is 6.04. The van der Waals surface area contributed by atoms with Crippen LogP contribution in [0.25, 0.3) is 0 Å². The van der Waals surface area contributed by atoms with Gasteiger partial charge in [0.2, 0.25) is 5.91 Å². The van der Waals surface area contributed by atoms with Crippen LogP contribution >= 0.6 is 0 Å². The number of amides is 2. The van der Waals surface area contributed by atoms with Gasteiger partial charge in [-0.25, -0.2) is 0 Å². The van der Waals surface area contributed by atoms with Crippen LogP contribution in [-0.4, -0.2) is 42.9 Å². The van der Waals surface area contributed by atoms with Crippen LogP contribution in [0.4, 0.5) is 5.69 Å². The molecule has 1 aromatic heterocycles. The number of carbonyl (C=O) groups excluding carboxylic acids is 2. The second kappa shape index (κ2) is 11.7. The monoisotopic (exact) mass is 459 g/mol. The molecule has 6 nitrogen and oxygen atoms in total. The van der Waals surface area contributed by atoms with Crippen molar-refractivity contribution < 1.29 is 14.0 Å². The van der Waals surface area contributed by atoms with Crippen molar-refractivity contribution in [2.24, 2.45) is 0 Å². The molecule has 0 radical (unpaired) electrons. The number of nitrogens with one attached hydrogen (secondary N) is 1. The van der Waals surface area contributed by atoms with Crippen LogP contribution in [0.1, 0.15) is 46.5 Å². The van der Waals surface area contributed by atoms with Gasteiger partial charge in [0.05, 0.1) is 19.2 Å². The zero-order chi connectivity index (χ0) is 23.8. The van der Waals surface area contributed by atoms with E-state index in [4.69, 9.17) is 4.42 Å². The zero-order valence-electron chi connectivity index (χ0n) is 19.8. The molecule has 0 saturated carbocycles. The van der Waals surface area contributed by atoms with Gasteiger partial charge in [0.15, 0.2) is 5.76 Å². The van der Waals surface area contributed by atoms with Gasteiger partial charge in [-0.15, -0.1) is 0 Å². The summed E-state index contributed by atoms with van der Waals surface area (Å²) in [5.41, 5.74) is 3.86. The first-order valence-electron chi connectivity index (χ1n) is 12.1. The van der Waals surface area contributed by atoms with Crippen LogP contribution in [-0.2, 0) is 17.8 Å². The molecular formula is C28H33N3O3. The quantitative estimate of drug-likeness (QED) is 0.509. The summed E-state index contributed by atoms with van der Waals surface area (Å²) >= 11 is 0. The van der Waals surface area contributed by atoms with Crippen molar-refractivity contribution in [3.63, 3.8) is 0 Å². The molecule has 1 aliphatic rings. The van der Waals surface area contributed by atoms with E-state index in [1.807, 2.05) is 49.4 Å². The molecule has 34 heavy (non-hydrogen) atoms. The van der Waals surface area contributed by atoms with E-state index in [9.17, 15) is 9.59 Å². The third-order valence-electron chi connectivity index (χ3n) is 6.21. The molecule has 0 unspecified atom stereocenters. The number of hydrogen-bond donors (Lipinski definition) is 1. The topological polar surface area (TPSA) is 65.8 Å². The number of piperidine rings is 1. The van der Waals surface area contributed by atoms with Crippen LogP contribution < -0.4 is 10.2 Å². The lowest BCUT2D eigenvalue weighted by molar-refractivity contribution is -0.120. The van der Waals surface area contributed by atoms with Crippen molar-refractivity contribution in [1.82, 2.24) is 10.2 Å². The number of hydrogen-bond acceptors (Lipinski definition) is 4. The average molecular weight is 460 g/mol. The highest BCUT2D eigenvalue weighted by atomic mass is 16.3. The molecule has 2 aromatic carbocycles. The zero-order valence-corrected chi connectivity index (χ0v) is 19.8. The predicted molar refractivity (Wildman–Crippen MR) is 134 cm³/mol. The Bertz CT molecular complexity index is 1070. The summed E-state index contributed by atoms with van der Waals surface area (Å²) in [5, 5.41) is 3.03. The summed E-state index contributed by atoms with van der Waals surface area (Å²) in [7, 11) is 0. The maximum absolute atomic E-state index is 13.2. The second-order valence-corrected chi connectivity index (χ2v) is 8.95. The summed E-state index contributed by atoms with van der Waals surface area (Å²) in [6.45, 7) is 6.32. The molecule has 0 aliphatic carbocycles. The van der Waals surface area contributed by atoms with Gasteiger partial charge >= 0.3 is 0 Å². The Morgan fingerprint density at radius 2 is 1.76 bits per heavy atom.